The number of hydrogen-bond donors (Lipinski definition) is 0. The highest BCUT2D eigenvalue weighted by Crippen LogP contribution is 2.27. The third-order valence-corrected chi connectivity index (χ3v) is 3.23. The summed E-state index contributed by atoms with van der Waals surface area (Å²) in [5.74, 6) is -1.09. The third kappa shape index (κ3) is 3.47. The molecule has 0 aliphatic carbocycles. The van der Waals surface area contributed by atoms with E-state index in [2.05, 4.69) is 4.98 Å². The van der Waals surface area contributed by atoms with Gasteiger partial charge < -0.3 is 0 Å². The molecule has 1 heterocycles. The van der Waals surface area contributed by atoms with Crippen LogP contribution in [0.3, 0.4) is 0 Å². The van der Waals surface area contributed by atoms with Gasteiger partial charge in [0.25, 0.3) is 0 Å². The van der Waals surface area contributed by atoms with E-state index in [1.54, 1.807) is 13.8 Å². The van der Waals surface area contributed by atoms with Crippen LogP contribution in [0.5, 0.6) is 0 Å². The van der Waals surface area contributed by atoms with Crippen LogP contribution in [0, 0.1) is 13.8 Å². The SMILES string of the molecule is [2H]c1cc(-c2nc([2H])c(C([2H])(C)CCCC)c(C)c2[2H])c([2H])c([2H])c1C([2H])([2H])[2H]. The van der Waals surface area contributed by atoms with Crippen molar-refractivity contribution in [3.63, 3.8) is 0 Å². The lowest BCUT2D eigenvalue weighted by Crippen LogP contribution is -1.99. The second-order valence-corrected chi connectivity index (χ2v) is 4.91. The molecule has 0 radical (unpaired) electrons. The predicted octanol–water partition coefficient (Wildman–Crippen LogP) is 5.66. The average molecular weight is 276 g/mol. The molecule has 0 saturated heterocycles. The average Bonchev–Trinajstić information content (AvgIpc) is 2.58. The van der Waals surface area contributed by atoms with Gasteiger partial charge in [0.1, 0.15) is 0 Å². The molecule has 1 unspecified atom stereocenters. The zero-order valence-electron chi connectivity index (χ0n) is 21.1. The normalized spacial score (nSPS) is 21.1. The van der Waals surface area contributed by atoms with Crippen molar-refractivity contribution >= 4 is 0 Å². The van der Waals surface area contributed by atoms with Crippen LogP contribution < -0.4 is 0 Å². The Hall–Kier alpha value is -1.63. The minimum atomic E-state index is -2.70. The number of pyridine rings is 1. The maximum atomic E-state index is 8.63. The summed E-state index contributed by atoms with van der Waals surface area (Å²) in [6, 6.07) is -0.434. The number of nitrogens with zero attached hydrogens (tertiary/aromatic N) is 1. The lowest BCUT2D eigenvalue weighted by Gasteiger charge is -2.15. The molecular weight excluding hydrogens is 242 g/mol. The number of rotatable bonds is 5. The van der Waals surface area contributed by atoms with Gasteiger partial charge in [0, 0.05) is 17.2 Å². The molecule has 1 atom stereocenters. The van der Waals surface area contributed by atoms with Gasteiger partial charge in [-0.1, -0.05) is 56.4 Å². The fraction of sp³-hybridized carbons (Fsp3) is 0.421. The van der Waals surface area contributed by atoms with Gasteiger partial charge in [-0.05, 0) is 43.3 Å². The fourth-order valence-electron chi connectivity index (χ4n) is 2.05. The van der Waals surface area contributed by atoms with Crippen molar-refractivity contribution in [3.05, 3.63) is 53.1 Å². The van der Waals surface area contributed by atoms with Crippen LogP contribution in [0.4, 0.5) is 0 Å². The first-order valence-electron chi connectivity index (χ1n) is 11.3. The highest BCUT2D eigenvalue weighted by Gasteiger charge is 2.10. The molecule has 0 saturated carbocycles. The van der Waals surface area contributed by atoms with Crippen molar-refractivity contribution in [2.45, 2.75) is 52.8 Å². The Balaban J connectivity index is 2.73. The topological polar surface area (TPSA) is 12.9 Å². The highest BCUT2D eigenvalue weighted by molar-refractivity contribution is 5.60. The third-order valence-electron chi connectivity index (χ3n) is 3.23. The fourth-order valence-corrected chi connectivity index (χ4v) is 2.05. The van der Waals surface area contributed by atoms with E-state index in [-0.39, 0.29) is 23.5 Å². The van der Waals surface area contributed by atoms with Gasteiger partial charge in [0.15, 0.2) is 0 Å². The minimum Gasteiger partial charge on any atom is -0.256 e. The van der Waals surface area contributed by atoms with Gasteiger partial charge in [-0.2, -0.15) is 0 Å². The Morgan fingerprint density at radius 1 is 1.40 bits per heavy atom. The summed E-state index contributed by atoms with van der Waals surface area (Å²) >= 11 is 0. The molecule has 1 aromatic carbocycles. The van der Waals surface area contributed by atoms with Crippen molar-refractivity contribution < 1.29 is 12.3 Å². The van der Waals surface area contributed by atoms with Crippen molar-refractivity contribution in [2.75, 3.05) is 0 Å². The second kappa shape index (κ2) is 6.69. The van der Waals surface area contributed by atoms with E-state index < -0.39 is 36.4 Å². The Morgan fingerprint density at radius 2 is 2.25 bits per heavy atom. The molecule has 1 heteroatoms. The molecule has 1 nitrogen and oxygen atoms in total. The van der Waals surface area contributed by atoms with Crippen molar-refractivity contribution in [1.29, 1.82) is 0 Å². The summed E-state index contributed by atoms with van der Waals surface area (Å²) in [5.41, 5.74) is 0.150. The molecule has 0 fully saturated rings. The van der Waals surface area contributed by atoms with E-state index in [0.717, 1.165) is 18.9 Å². The molecule has 0 amide bonds. The van der Waals surface area contributed by atoms with E-state index in [0.29, 0.717) is 17.5 Å². The lowest BCUT2D eigenvalue weighted by atomic mass is 9.93. The van der Waals surface area contributed by atoms with E-state index in [4.69, 9.17) is 12.3 Å². The standard InChI is InChI=1S/C19H25N/c1-5-6-7-15(3)18-13-20-19(12-16(18)4)17-10-8-14(2)9-11-17/h8-13,15H,5-7H2,1-4H3/i2D3,8D,9D,10D,12D,13D,15D. The second-order valence-electron chi connectivity index (χ2n) is 4.91. The Kier molecular flexibility index (Phi) is 2.30. The van der Waals surface area contributed by atoms with Gasteiger partial charge in [0.05, 0.1) is 12.5 Å². The monoisotopic (exact) mass is 276 g/mol. The summed E-state index contributed by atoms with van der Waals surface area (Å²) in [7, 11) is 0. The molecule has 2 aromatic rings. The van der Waals surface area contributed by atoms with E-state index >= 15 is 0 Å². The molecular formula is C19H25N. The molecule has 2 rings (SSSR count). The first-order valence-corrected chi connectivity index (χ1v) is 6.84. The maximum Gasteiger partial charge on any atom is 0.0843 e. The maximum absolute atomic E-state index is 8.63. The molecule has 0 bridgehead atoms. The zero-order valence-corrected chi connectivity index (χ0v) is 12.1. The van der Waals surface area contributed by atoms with Crippen molar-refractivity contribution in [1.82, 2.24) is 4.98 Å². The quantitative estimate of drug-likeness (QED) is 0.686. The van der Waals surface area contributed by atoms with Crippen LogP contribution in [0.2, 0.25) is 0 Å². The molecule has 1 aromatic heterocycles. The molecule has 0 N–H and O–H groups in total. The molecule has 20 heavy (non-hydrogen) atoms. The van der Waals surface area contributed by atoms with E-state index in [1.165, 1.54) is 0 Å². The molecule has 0 aliphatic heterocycles. The van der Waals surface area contributed by atoms with Gasteiger partial charge in [-0.3, -0.25) is 4.98 Å². The van der Waals surface area contributed by atoms with Gasteiger partial charge >= 0.3 is 0 Å². The van der Waals surface area contributed by atoms with Crippen LogP contribution in [0.25, 0.3) is 11.3 Å². The molecule has 0 spiro atoms. The molecule has 0 aliphatic rings. The van der Waals surface area contributed by atoms with E-state index in [1.807, 2.05) is 6.92 Å². The van der Waals surface area contributed by atoms with Gasteiger partial charge in [0.2, 0.25) is 0 Å². The summed E-state index contributed by atoms with van der Waals surface area (Å²) in [6.45, 7) is 2.63. The lowest BCUT2D eigenvalue weighted by molar-refractivity contribution is 0.620. The Morgan fingerprint density at radius 3 is 3.00 bits per heavy atom. The molecule has 106 valence electrons. The smallest absolute Gasteiger partial charge is 0.0843 e. The van der Waals surface area contributed by atoms with Crippen LogP contribution >= 0.6 is 0 Å². The van der Waals surface area contributed by atoms with Crippen molar-refractivity contribution in [3.8, 4) is 11.3 Å². The predicted molar refractivity (Wildman–Crippen MR) is 87.1 cm³/mol. The largest absolute Gasteiger partial charge is 0.256 e. The van der Waals surface area contributed by atoms with Gasteiger partial charge in [-0.25, -0.2) is 0 Å². The number of hydrogen-bond acceptors (Lipinski definition) is 1. The summed E-state index contributed by atoms with van der Waals surface area (Å²) in [6.07, 6.45) is 2.03. The van der Waals surface area contributed by atoms with Crippen LogP contribution in [-0.2, 0) is 0 Å². The van der Waals surface area contributed by atoms with Crippen molar-refractivity contribution in [2.24, 2.45) is 0 Å². The first kappa shape index (κ1) is 6.89. The Labute approximate surface area is 135 Å². The first-order chi connectivity index (χ1) is 13.2. The minimum absolute atomic E-state index is 0.0265. The van der Waals surface area contributed by atoms with Crippen LogP contribution in [0.15, 0.2) is 36.4 Å². The van der Waals surface area contributed by atoms with Crippen LogP contribution in [0.1, 0.15) is 68.0 Å². The van der Waals surface area contributed by atoms with Gasteiger partial charge in [-0.15, -0.1) is 0 Å². The van der Waals surface area contributed by atoms with E-state index in [9.17, 15) is 0 Å². The summed E-state index contributed by atoms with van der Waals surface area (Å²) in [4.78, 5) is 4.14. The summed E-state index contributed by atoms with van der Waals surface area (Å²) in [5, 5.41) is 0. The number of benzene rings is 1. The highest BCUT2D eigenvalue weighted by atomic mass is 14.7. The number of unbranched alkanes of at least 4 members (excludes halogenated alkanes) is 1. The zero-order chi connectivity index (χ0) is 22.3. The Bertz CT molecular complexity index is 933. The number of aromatic nitrogens is 1. The summed E-state index contributed by atoms with van der Waals surface area (Å²) < 4.78 is 72.2. The van der Waals surface area contributed by atoms with Crippen LogP contribution in [-0.4, -0.2) is 4.98 Å².